The van der Waals surface area contributed by atoms with Crippen molar-refractivity contribution in [3.8, 4) is 0 Å². The van der Waals surface area contributed by atoms with Crippen molar-refractivity contribution in [2.75, 3.05) is 5.32 Å². The molecular weight excluding hydrogens is 302 g/mol. The van der Waals surface area contributed by atoms with Gasteiger partial charge in [0.2, 0.25) is 0 Å². The summed E-state index contributed by atoms with van der Waals surface area (Å²) >= 11 is 5.32. The van der Waals surface area contributed by atoms with Crippen LogP contribution in [0.15, 0.2) is 41.5 Å². The van der Waals surface area contributed by atoms with Gasteiger partial charge in [-0.05, 0) is 86.8 Å². The quantitative estimate of drug-likeness (QED) is 0.491. The second kappa shape index (κ2) is 7.38. The highest BCUT2D eigenvalue weighted by molar-refractivity contribution is 7.80. The maximum absolute atomic E-state index is 5.32. The van der Waals surface area contributed by atoms with Crippen molar-refractivity contribution in [3.05, 3.63) is 64.2 Å². The topological polar surface area (TPSA) is 36.4 Å². The van der Waals surface area contributed by atoms with Gasteiger partial charge in [-0.1, -0.05) is 24.3 Å². The summed E-state index contributed by atoms with van der Waals surface area (Å²) < 4.78 is 0. The summed E-state index contributed by atoms with van der Waals surface area (Å²) in [7, 11) is 0. The number of hydrogen-bond donors (Lipinski definition) is 2. The van der Waals surface area contributed by atoms with Gasteiger partial charge in [0.05, 0.1) is 5.71 Å². The molecule has 0 fully saturated rings. The molecule has 4 heteroatoms. The van der Waals surface area contributed by atoms with E-state index < -0.39 is 0 Å². The second-order valence-electron chi connectivity index (χ2n) is 5.88. The van der Waals surface area contributed by atoms with E-state index in [1.807, 2.05) is 13.8 Å². The highest BCUT2D eigenvalue weighted by Crippen LogP contribution is 2.16. The Kier molecular flexibility index (Phi) is 5.50. The van der Waals surface area contributed by atoms with Crippen LogP contribution < -0.4 is 10.7 Å². The molecule has 0 aromatic heterocycles. The molecule has 2 aromatic rings. The Morgan fingerprint density at radius 1 is 0.913 bits per heavy atom. The lowest BCUT2D eigenvalue weighted by Gasteiger charge is -2.11. The summed E-state index contributed by atoms with van der Waals surface area (Å²) in [5.74, 6) is 0. The molecule has 0 amide bonds. The third-order valence-electron chi connectivity index (χ3n) is 3.89. The van der Waals surface area contributed by atoms with E-state index in [-0.39, 0.29) is 0 Å². The molecule has 0 saturated heterocycles. The number of anilines is 1. The first-order valence-corrected chi connectivity index (χ1v) is 8.04. The average molecular weight is 325 g/mol. The highest BCUT2D eigenvalue weighted by atomic mass is 32.1. The molecular formula is C19H23N3S. The molecule has 0 bridgehead atoms. The molecule has 0 aliphatic carbocycles. The minimum atomic E-state index is 0.488. The van der Waals surface area contributed by atoms with Crippen LogP contribution in [0.4, 0.5) is 5.69 Å². The van der Waals surface area contributed by atoms with Gasteiger partial charge < -0.3 is 5.32 Å². The first kappa shape index (κ1) is 17.2. The average Bonchev–Trinajstić information content (AvgIpc) is 2.51. The van der Waals surface area contributed by atoms with E-state index in [4.69, 9.17) is 12.2 Å². The first-order valence-electron chi connectivity index (χ1n) is 7.63. The van der Waals surface area contributed by atoms with Crippen LogP contribution in [0, 0.1) is 27.7 Å². The molecule has 0 radical (unpaired) electrons. The second-order valence-corrected chi connectivity index (χ2v) is 6.29. The normalized spacial score (nSPS) is 11.3. The molecule has 0 aliphatic heterocycles. The standard InChI is InChI=1S/C19H23N3S/c1-12-6-7-14(3)18(10-12)20-19(23)22-21-16(5)17-9-8-13(2)15(4)11-17/h6-11H,1-5H3,(H2,20,22,23)/b21-16+. The largest absolute Gasteiger partial charge is 0.331 e. The lowest BCUT2D eigenvalue weighted by Crippen LogP contribution is -2.25. The number of benzene rings is 2. The zero-order valence-electron chi connectivity index (χ0n) is 14.3. The maximum atomic E-state index is 5.32. The number of hydrazone groups is 1. The minimum Gasteiger partial charge on any atom is -0.331 e. The van der Waals surface area contributed by atoms with Gasteiger partial charge in [0.1, 0.15) is 0 Å². The van der Waals surface area contributed by atoms with Gasteiger partial charge in [-0.3, -0.25) is 5.43 Å². The molecule has 3 nitrogen and oxygen atoms in total. The van der Waals surface area contributed by atoms with Crippen molar-refractivity contribution in [2.45, 2.75) is 34.6 Å². The van der Waals surface area contributed by atoms with Crippen LogP contribution in [-0.4, -0.2) is 10.8 Å². The van der Waals surface area contributed by atoms with E-state index in [0.717, 1.165) is 22.5 Å². The lowest BCUT2D eigenvalue weighted by molar-refractivity contribution is 1.04. The minimum absolute atomic E-state index is 0.488. The molecule has 0 heterocycles. The fourth-order valence-corrected chi connectivity index (χ4v) is 2.34. The lowest BCUT2D eigenvalue weighted by atomic mass is 10.0. The van der Waals surface area contributed by atoms with Crippen LogP contribution in [0.2, 0.25) is 0 Å². The highest BCUT2D eigenvalue weighted by Gasteiger charge is 2.03. The van der Waals surface area contributed by atoms with Gasteiger partial charge in [0.15, 0.2) is 5.11 Å². The number of aryl methyl sites for hydroxylation is 4. The van der Waals surface area contributed by atoms with Crippen molar-refractivity contribution in [3.63, 3.8) is 0 Å². The molecule has 0 unspecified atom stereocenters. The molecule has 120 valence electrons. The summed E-state index contributed by atoms with van der Waals surface area (Å²) in [4.78, 5) is 0. The van der Waals surface area contributed by atoms with E-state index >= 15 is 0 Å². The van der Waals surface area contributed by atoms with Crippen LogP contribution in [0.5, 0.6) is 0 Å². The molecule has 2 aromatic carbocycles. The Labute approximate surface area is 143 Å². The summed E-state index contributed by atoms with van der Waals surface area (Å²) in [6, 6.07) is 12.5. The number of nitrogens with zero attached hydrogens (tertiary/aromatic N) is 1. The summed E-state index contributed by atoms with van der Waals surface area (Å²) in [6.45, 7) is 10.3. The monoisotopic (exact) mass is 325 g/mol. The number of hydrogen-bond acceptors (Lipinski definition) is 2. The maximum Gasteiger partial charge on any atom is 0.191 e. The number of rotatable bonds is 3. The van der Waals surface area contributed by atoms with Gasteiger partial charge >= 0.3 is 0 Å². The van der Waals surface area contributed by atoms with Crippen molar-refractivity contribution in [1.82, 2.24) is 5.43 Å². The van der Waals surface area contributed by atoms with Crippen LogP contribution in [0.3, 0.4) is 0 Å². The Morgan fingerprint density at radius 2 is 1.61 bits per heavy atom. The SMILES string of the molecule is C/C(=N\NC(=S)Nc1cc(C)ccc1C)c1ccc(C)c(C)c1. The van der Waals surface area contributed by atoms with E-state index in [2.05, 4.69) is 73.0 Å². The van der Waals surface area contributed by atoms with Crippen LogP contribution in [0.1, 0.15) is 34.7 Å². The van der Waals surface area contributed by atoms with Crippen LogP contribution in [0.25, 0.3) is 0 Å². The molecule has 0 aliphatic rings. The van der Waals surface area contributed by atoms with Gasteiger partial charge in [-0.25, -0.2) is 0 Å². The Morgan fingerprint density at radius 3 is 2.30 bits per heavy atom. The molecule has 0 atom stereocenters. The van der Waals surface area contributed by atoms with Crippen molar-refractivity contribution < 1.29 is 0 Å². The van der Waals surface area contributed by atoms with Gasteiger partial charge in [-0.2, -0.15) is 5.10 Å². The number of thiocarbonyl (C=S) groups is 1. The molecule has 0 saturated carbocycles. The molecule has 2 N–H and O–H groups in total. The van der Waals surface area contributed by atoms with Crippen molar-refractivity contribution >= 4 is 28.7 Å². The van der Waals surface area contributed by atoms with E-state index in [1.54, 1.807) is 0 Å². The van der Waals surface area contributed by atoms with E-state index in [0.29, 0.717) is 5.11 Å². The first-order chi connectivity index (χ1) is 10.9. The third kappa shape index (κ3) is 4.63. The Bertz CT molecular complexity index is 763. The fraction of sp³-hybridized carbons (Fsp3) is 0.263. The van der Waals surface area contributed by atoms with Gasteiger partial charge in [-0.15, -0.1) is 0 Å². The van der Waals surface area contributed by atoms with Crippen molar-refractivity contribution in [2.24, 2.45) is 5.10 Å². The molecule has 0 spiro atoms. The molecule has 2 rings (SSSR count). The summed E-state index contributed by atoms with van der Waals surface area (Å²) in [5.41, 5.74) is 10.8. The third-order valence-corrected chi connectivity index (χ3v) is 4.08. The Hall–Kier alpha value is -2.20. The predicted molar refractivity (Wildman–Crippen MR) is 103 cm³/mol. The van der Waals surface area contributed by atoms with Crippen LogP contribution in [-0.2, 0) is 0 Å². The van der Waals surface area contributed by atoms with Crippen molar-refractivity contribution in [1.29, 1.82) is 0 Å². The zero-order valence-corrected chi connectivity index (χ0v) is 15.1. The smallest absolute Gasteiger partial charge is 0.191 e. The predicted octanol–water partition coefficient (Wildman–Crippen LogP) is 4.63. The fourth-order valence-electron chi connectivity index (χ4n) is 2.19. The molecule has 23 heavy (non-hydrogen) atoms. The van der Waals surface area contributed by atoms with Crippen LogP contribution >= 0.6 is 12.2 Å². The van der Waals surface area contributed by atoms with Gasteiger partial charge in [0, 0.05) is 5.69 Å². The number of nitrogens with one attached hydrogen (secondary N) is 2. The summed E-state index contributed by atoms with van der Waals surface area (Å²) in [6.07, 6.45) is 0. The van der Waals surface area contributed by atoms with Gasteiger partial charge in [0.25, 0.3) is 0 Å². The van der Waals surface area contributed by atoms with E-state index in [1.165, 1.54) is 16.7 Å². The summed E-state index contributed by atoms with van der Waals surface area (Å²) in [5, 5.41) is 8.06. The van der Waals surface area contributed by atoms with E-state index in [9.17, 15) is 0 Å². The zero-order chi connectivity index (χ0) is 17.0. The Balaban J connectivity index is 2.05.